The zero-order chi connectivity index (χ0) is 21.2. The number of rotatable bonds is 5. The molecule has 5 rings (SSSR count). The van der Waals surface area contributed by atoms with Gasteiger partial charge < -0.3 is 10.2 Å². The van der Waals surface area contributed by atoms with Crippen LogP contribution in [0.25, 0.3) is 22.3 Å². The van der Waals surface area contributed by atoms with Crippen LogP contribution in [0.3, 0.4) is 0 Å². The third kappa shape index (κ3) is 3.61. The zero-order valence-corrected chi connectivity index (χ0v) is 17.4. The van der Waals surface area contributed by atoms with Crippen LogP contribution in [-0.2, 0) is 6.42 Å². The van der Waals surface area contributed by atoms with Crippen molar-refractivity contribution in [3.8, 4) is 11.3 Å². The van der Waals surface area contributed by atoms with E-state index in [-0.39, 0.29) is 5.91 Å². The summed E-state index contributed by atoms with van der Waals surface area (Å²) in [6.45, 7) is 3.58. The van der Waals surface area contributed by atoms with Crippen molar-refractivity contribution in [2.45, 2.75) is 19.8 Å². The van der Waals surface area contributed by atoms with E-state index in [0.29, 0.717) is 12.1 Å². The maximum atomic E-state index is 12.2. The van der Waals surface area contributed by atoms with Crippen LogP contribution in [0, 0.1) is 0 Å². The molecule has 0 bridgehead atoms. The number of pyridine rings is 1. The number of amides is 1. The summed E-state index contributed by atoms with van der Waals surface area (Å²) in [7, 11) is 0. The lowest BCUT2D eigenvalue weighted by Gasteiger charge is -2.19. The summed E-state index contributed by atoms with van der Waals surface area (Å²) in [5, 5.41) is 2.90. The van der Waals surface area contributed by atoms with Crippen molar-refractivity contribution >= 4 is 28.4 Å². The van der Waals surface area contributed by atoms with E-state index < -0.39 is 0 Å². The Kier molecular flexibility index (Phi) is 5.04. The van der Waals surface area contributed by atoms with Gasteiger partial charge in [0, 0.05) is 29.9 Å². The summed E-state index contributed by atoms with van der Waals surface area (Å²) >= 11 is 0. The number of hydrogen-bond donors (Lipinski definition) is 1. The Morgan fingerprint density at radius 3 is 2.71 bits per heavy atom. The van der Waals surface area contributed by atoms with E-state index in [1.807, 2.05) is 43.3 Å². The van der Waals surface area contributed by atoms with Gasteiger partial charge in [-0.1, -0.05) is 37.3 Å². The average molecular weight is 409 g/mol. The van der Waals surface area contributed by atoms with Crippen LogP contribution in [0.4, 0.5) is 11.5 Å². The number of carbonyl (C=O) groups excluding carboxylic acids is 1. The first-order valence-electron chi connectivity index (χ1n) is 10.6. The standard InChI is InChI=1S/C25H23N5O/c1-2-14-26-25(31)19-9-7-17(8-10-19)20-11-12-21-23(29-20)24(28-16-27-21)30-15-13-18-5-3-4-6-22(18)30/h3-12,16H,2,13-15H2,1H3,(H,26,31). The molecule has 31 heavy (non-hydrogen) atoms. The van der Waals surface area contributed by atoms with Crippen molar-refractivity contribution in [2.24, 2.45) is 0 Å². The lowest BCUT2D eigenvalue weighted by molar-refractivity contribution is 0.0953. The number of fused-ring (bicyclic) bond motifs is 2. The van der Waals surface area contributed by atoms with Gasteiger partial charge in [0.2, 0.25) is 0 Å². The minimum atomic E-state index is -0.0525. The molecule has 0 radical (unpaired) electrons. The van der Waals surface area contributed by atoms with Crippen molar-refractivity contribution in [1.29, 1.82) is 0 Å². The number of nitrogens with zero attached hydrogens (tertiary/aromatic N) is 4. The first kappa shape index (κ1) is 19.2. The lowest BCUT2D eigenvalue weighted by atomic mass is 10.1. The lowest BCUT2D eigenvalue weighted by Crippen LogP contribution is -2.23. The monoisotopic (exact) mass is 409 g/mol. The van der Waals surface area contributed by atoms with E-state index in [1.54, 1.807) is 6.33 Å². The Hall–Kier alpha value is -3.80. The molecule has 0 saturated heterocycles. The van der Waals surface area contributed by atoms with Crippen molar-refractivity contribution in [1.82, 2.24) is 20.3 Å². The summed E-state index contributed by atoms with van der Waals surface area (Å²) in [5.41, 5.74) is 6.52. The molecule has 1 N–H and O–H groups in total. The number of carbonyl (C=O) groups is 1. The molecule has 0 atom stereocenters. The molecule has 6 nitrogen and oxygen atoms in total. The zero-order valence-electron chi connectivity index (χ0n) is 17.4. The minimum absolute atomic E-state index is 0.0525. The maximum Gasteiger partial charge on any atom is 0.251 e. The van der Waals surface area contributed by atoms with Crippen molar-refractivity contribution in [2.75, 3.05) is 18.0 Å². The van der Waals surface area contributed by atoms with Gasteiger partial charge in [0.05, 0.1) is 11.2 Å². The van der Waals surface area contributed by atoms with Crippen LogP contribution in [0.2, 0.25) is 0 Å². The van der Waals surface area contributed by atoms with Gasteiger partial charge in [-0.2, -0.15) is 0 Å². The fraction of sp³-hybridized carbons (Fsp3) is 0.200. The molecule has 0 spiro atoms. The number of anilines is 2. The Labute approximate surface area is 181 Å². The highest BCUT2D eigenvalue weighted by atomic mass is 16.1. The average Bonchev–Trinajstić information content (AvgIpc) is 3.26. The van der Waals surface area contributed by atoms with E-state index in [2.05, 4.69) is 44.5 Å². The topological polar surface area (TPSA) is 71.0 Å². The molecule has 2 aromatic heterocycles. The molecule has 0 aliphatic carbocycles. The van der Waals surface area contributed by atoms with Crippen LogP contribution in [0.1, 0.15) is 29.3 Å². The molecule has 2 aromatic carbocycles. The number of benzene rings is 2. The molecule has 1 amide bonds. The van der Waals surface area contributed by atoms with Crippen LogP contribution in [-0.4, -0.2) is 33.9 Å². The molecule has 0 unspecified atom stereocenters. The SMILES string of the molecule is CCCNC(=O)c1ccc(-c2ccc3ncnc(N4CCc5ccccc54)c3n2)cc1. The highest BCUT2D eigenvalue weighted by molar-refractivity contribution is 5.95. The number of nitrogens with one attached hydrogen (secondary N) is 1. The first-order valence-corrected chi connectivity index (χ1v) is 10.6. The Balaban J connectivity index is 1.51. The third-order valence-corrected chi connectivity index (χ3v) is 5.58. The van der Waals surface area contributed by atoms with Gasteiger partial charge in [-0.25, -0.2) is 15.0 Å². The fourth-order valence-corrected chi connectivity index (χ4v) is 3.98. The van der Waals surface area contributed by atoms with Gasteiger partial charge >= 0.3 is 0 Å². The summed E-state index contributed by atoms with van der Waals surface area (Å²) in [6.07, 6.45) is 3.50. The predicted molar refractivity (Wildman–Crippen MR) is 123 cm³/mol. The fourth-order valence-electron chi connectivity index (χ4n) is 3.98. The summed E-state index contributed by atoms with van der Waals surface area (Å²) in [4.78, 5) is 28.3. The summed E-state index contributed by atoms with van der Waals surface area (Å²) < 4.78 is 0. The van der Waals surface area contributed by atoms with E-state index in [9.17, 15) is 4.79 Å². The smallest absolute Gasteiger partial charge is 0.251 e. The Morgan fingerprint density at radius 1 is 1.03 bits per heavy atom. The molecule has 1 aliphatic rings. The van der Waals surface area contributed by atoms with Crippen molar-refractivity contribution < 1.29 is 4.79 Å². The second kappa shape index (κ2) is 8.14. The van der Waals surface area contributed by atoms with E-state index in [0.717, 1.165) is 47.5 Å². The van der Waals surface area contributed by atoms with E-state index in [4.69, 9.17) is 4.98 Å². The van der Waals surface area contributed by atoms with E-state index >= 15 is 0 Å². The number of aromatic nitrogens is 3. The van der Waals surface area contributed by atoms with Gasteiger partial charge in [-0.15, -0.1) is 0 Å². The highest BCUT2D eigenvalue weighted by Crippen LogP contribution is 2.36. The van der Waals surface area contributed by atoms with Gasteiger partial charge in [-0.05, 0) is 48.7 Å². The predicted octanol–water partition coefficient (Wildman–Crippen LogP) is 4.53. The number of hydrogen-bond acceptors (Lipinski definition) is 5. The molecular formula is C25H23N5O. The second-order valence-electron chi connectivity index (χ2n) is 7.63. The molecule has 154 valence electrons. The van der Waals surface area contributed by atoms with Gasteiger partial charge in [0.15, 0.2) is 5.82 Å². The quantitative estimate of drug-likeness (QED) is 0.525. The van der Waals surface area contributed by atoms with Gasteiger partial charge in [0.1, 0.15) is 11.8 Å². The van der Waals surface area contributed by atoms with Crippen LogP contribution in [0.5, 0.6) is 0 Å². The van der Waals surface area contributed by atoms with Crippen LogP contribution < -0.4 is 10.2 Å². The largest absolute Gasteiger partial charge is 0.352 e. The van der Waals surface area contributed by atoms with Crippen LogP contribution >= 0.6 is 0 Å². The van der Waals surface area contributed by atoms with E-state index in [1.165, 1.54) is 11.3 Å². The molecule has 6 heteroatoms. The van der Waals surface area contributed by atoms with Gasteiger partial charge in [-0.3, -0.25) is 4.79 Å². The molecule has 3 heterocycles. The normalized spacial score (nSPS) is 12.7. The number of para-hydroxylation sites is 1. The highest BCUT2D eigenvalue weighted by Gasteiger charge is 2.23. The molecule has 0 saturated carbocycles. The molecule has 0 fully saturated rings. The van der Waals surface area contributed by atoms with Crippen molar-refractivity contribution in [3.05, 3.63) is 78.1 Å². The Bertz CT molecular complexity index is 1250. The second-order valence-corrected chi connectivity index (χ2v) is 7.63. The minimum Gasteiger partial charge on any atom is -0.352 e. The molecule has 4 aromatic rings. The molecule has 1 aliphatic heterocycles. The third-order valence-electron chi connectivity index (χ3n) is 5.58. The summed E-state index contributed by atoms with van der Waals surface area (Å²) in [6, 6.07) is 19.9. The van der Waals surface area contributed by atoms with Crippen LogP contribution in [0.15, 0.2) is 67.0 Å². The van der Waals surface area contributed by atoms with Gasteiger partial charge in [0.25, 0.3) is 5.91 Å². The molecular weight excluding hydrogens is 386 g/mol. The summed E-state index contributed by atoms with van der Waals surface area (Å²) in [5.74, 6) is 0.774. The first-order chi connectivity index (χ1) is 15.2. The van der Waals surface area contributed by atoms with Crippen molar-refractivity contribution in [3.63, 3.8) is 0 Å². The Morgan fingerprint density at radius 2 is 1.87 bits per heavy atom. The maximum absolute atomic E-state index is 12.2.